The van der Waals surface area contributed by atoms with E-state index in [1.165, 1.54) is 6.07 Å². The second kappa shape index (κ2) is 6.24. The lowest BCUT2D eigenvalue weighted by Gasteiger charge is -2.12. The molecule has 6 heteroatoms. The van der Waals surface area contributed by atoms with Gasteiger partial charge in [-0.25, -0.2) is 4.39 Å². The Morgan fingerprint density at radius 3 is 2.32 bits per heavy atom. The molecule has 0 amide bonds. The Morgan fingerprint density at radius 2 is 1.68 bits per heavy atom. The topological polar surface area (TPSA) is 35.2 Å². The Balaban J connectivity index is 2.21. The van der Waals surface area contributed by atoms with Crippen LogP contribution in [0.2, 0.25) is 0 Å². The van der Waals surface area contributed by atoms with Crippen molar-refractivity contribution in [1.29, 1.82) is 0 Å². The molecule has 2 nitrogen and oxygen atoms in total. The summed E-state index contributed by atoms with van der Waals surface area (Å²) in [5.74, 6) is 0.291. The molecule has 0 aromatic heterocycles. The van der Waals surface area contributed by atoms with Crippen molar-refractivity contribution in [1.82, 2.24) is 0 Å². The summed E-state index contributed by atoms with van der Waals surface area (Å²) in [5.41, 5.74) is 6.79. The van der Waals surface area contributed by atoms with Crippen molar-refractivity contribution in [3.05, 3.63) is 55.1 Å². The molecule has 2 aromatic carbocycles. The fraction of sp³-hybridized carbons (Fsp3) is 0.0769. The third-order valence-electron chi connectivity index (χ3n) is 2.40. The summed E-state index contributed by atoms with van der Waals surface area (Å²) < 4.78 is 21.5. The van der Waals surface area contributed by atoms with Crippen LogP contribution >= 0.6 is 47.8 Å². The normalized spacial score (nSPS) is 10.5. The SMILES string of the molecule is Nc1cc(Br)c(OCc2cc(Br)ccc2F)c(Br)c1. The first-order valence-electron chi connectivity index (χ1n) is 5.28. The summed E-state index contributed by atoms with van der Waals surface area (Å²) in [7, 11) is 0. The summed E-state index contributed by atoms with van der Waals surface area (Å²) >= 11 is 10.0. The van der Waals surface area contributed by atoms with Gasteiger partial charge in [-0.05, 0) is 62.2 Å². The van der Waals surface area contributed by atoms with Crippen LogP contribution in [-0.2, 0) is 6.61 Å². The van der Waals surface area contributed by atoms with E-state index in [-0.39, 0.29) is 12.4 Å². The molecule has 0 bridgehead atoms. The number of hydrogen-bond donors (Lipinski definition) is 1. The van der Waals surface area contributed by atoms with Gasteiger partial charge in [-0.15, -0.1) is 0 Å². The predicted octanol–water partition coefficient (Wildman–Crippen LogP) is 5.27. The van der Waals surface area contributed by atoms with Gasteiger partial charge in [0.2, 0.25) is 0 Å². The van der Waals surface area contributed by atoms with Gasteiger partial charge >= 0.3 is 0 Å². The van der Waals surface area contributed by atoms with E-state index in [0.29, 0.717) is 17.0 Å². The summed E-state index contributed by atoms with van der Waals surface area (Å²) in [6, 6.07) is 8.20. The molecule has 100 valence electrons. The van der Waals surface area contributed by atoms with E-state index in [9.17, 15) is 4.39 Å². The van der Waals surface area contributed by atoms with Crippen LogP contribution in [-0.4, -0.2) is 0 Å². The third kappa shape index (κ3) is 3.70. The number of benzene rings is 2. The van der Waals surface area contributed by atoms with Crippen LogP contribution in [0.1, 0.15) is 5.56 Å². The lowest BCUT2D eigenvalue weighted by molar-refractivity contribution is 0.296. The van der Waals surface area contributed by atoms with Crippen LogP contribution in [0.15, 0.2) is 43.7 Å². The summed E-state index contributed by atoms with van der Waals surface area (Å²) in [5, 5.41) is 0. The Morgan fingerprint density at radius 1 is 1.05 bits per heavy atom. The minimum atomic E-state index is -0.300. The molecule has 0 saturated heterocycles. The molecule has 0 saturated carbocycles. The van der Waals surface area contributed by atoms with E-state index in [0.717, 1.165) is 13.4 Å². The lowest BCUT2D eigenvalue weighted by atomic mass is 10.2. The highest BCUT2D eigenvalue weighted by molar-refractivity contribution is 9.11. The van der Waals surface area contributed by atoms with Crippen LogP contribution in [0.4, 0.5) is 10.1 Å². The average Bonchev–Trinajstić information content (AvgIpc) is 2.32. The van der Waals surface area contributed by atoms with Gasteiger partial charge < -0.3 is 10.5 Å². The van der Waals surface area contributed by atoms with Crippen molar-refractivity contribution in [2.75, 3.05) is 5.73 Å². The minimum Gasteiger partial charge on any atom is -0.486 e. The molecule has 0 spiro atoms. The number of hydrogen-bond acceptors (Lipinski definition) is 2. The molecule has 0 aliphatic carbocycles. The first kappa shape index (κ1) is 14.8. The van der Waals surface area contributed by atoms with Crippen LogP contribution in [0.5, 0.6) is 5.75 Å². The smallest absolute Gasteiger partial charge is 0.148 e. The van der Waals surface area contributed by atoms with Crippen molar-refractivity contribution in [2.24, 2.45) is 0 Å². The van der Waals surface area contributed by atoms with Crippen LogP contribution < -0.4 is 10.5 Å². The van der Waals surface area contributed by atoms with Crippen molar-refractivity contribution >= 4 is 53.5 Å². The standard InChI is InChI=1S/C13H9Br3FNO/c14-8-1-2-12(17)7(3-8)6-19-13-10(15)4-9(18)5-11(13)16/h1-5H,6,18H2. The van der Waals surface area contributed by atoms with E-state index in [1.807, 2.05) is 0 Å². The van der Waals surface area contributed by atoms with Crippen molar-refractivity contribution < 1.29 is 9.13 Å². The van der Waals surface area contributed by atoms with Crippen LogP contribution in [0, 0.1) is 5.82 Å². The highest BCUT2D eigenvalue weighted by Crippen LogP contribution is 2.36. The summed E-state index contributed by atoms with van der Waals surface area (Å²) in [6.45, 7) is 0.131. The van der Waals surface area contributed by atoms with Crippen molar-refractivity contribution in [2.45, 2.75) is 6.61 Å². The fourth-order valence-electron chi connectivity index (χ4n) is 1.52. The van der Waals surface area contributed by atoms with Gasteiger partial charge in [-0.1, -0.05) is 15.9 Å². The molecule has 2 aromatic rings. The zero-order valence-electron chi connectivity index (χ0n) is 9.59. The maximum Gasteiger partial charge on any atom is 0.148 e. The Hall–Kier alpha value is -0.590. The zero-order valence-corrected chi connectivity index (χ0v) is 14.3. The van der Waals surface area contributed by atoms with Crippen LogP contribution in [0.25, 0.3) is 0 Å². The van der Waals surface area contributed by atoms with E-state index in [1.54, 1.807) is 24.3 Å². The van der Waals surface area contributed by atoms with Crippen LogP contribution in [0.3, 0.4) is 0 Å². The molecule has 0 fully saturated rings. The number of nitrogen functional groups attached to an aromatic ring is 1. The van der Waals surface area contributed by atoms with Gasteiger partial charge in [0.25, 0.3) is 0 Å². The van der Waals surface area contributed by atoms with Gasteiger partial charge in [-0.2, -0.15) is 0 Å². The van der Waals surface area contributed by atoms with E-state index >= 15 is 0 Å². The fourth-order valence-corrected chi connectivity index (χ4v) is 3.38. The minimum absolute atomic E-state index is 0.131. The Bertz CT molecular complexity index is 596. The third-order valence-corrected chi connectivity index (χ3v) is 4.07. The molecule has 0 aliphatic rings. The first-order valence-corrected chi connectivity index (χ1v) is 7.66. The maximum atomic E-state index is 13.6. The number of nitrogens with two attached hydrogens (primary N) is 1. The number of rotatable bonds is 3. The second-order valence-corrected chi connectivity index (χ2v) is 6.46. The molecule has 0 unspecified atom stereocenters. The summed E-state index contributed by atoms with van der Waals surface area (Å²) in [6.07, 6.45) is 0. The molecule has 19 heavy (non-hydrogen) atoms. The average molecular weight is 454 g/mol. The number of halogens is 4. The number of ether oxygens (including phenoxy) is 1. The van der Waals surface area contributed by atoms with E-state index in [4.69, 9.17) is 10.5 Å². The highest BCUT2D eigenvalue weighted by atomic mass is 79.9. The molecule has 2 N–H and O–H groups in total. The Labute approximate surface area is 135 Å². The van der Waals surface area contributed by atoms with Gasteiger partial charge in [0.15, 0.2) is 0 Å². The quantitative estimate of drug-likeness (QED) is 0.642. The monoisotopic (exact) mass is 451 g/mol. The van der Waals surface area contributed by atoms with Gasteiger partial charge in [-0.3, -0.25) is 0 Å². The second-order valence-electron chi connectivity index (χ2n) is 3.84. The molecule has 0 heterocycles. The zero-order chi connectivity index (χ0) is 14.0. The highest BCUT2D eigenvalue weighted by Gasteiger charge is 2.10. The molecular formula is C13H9Br3FNO. The number of anilines is 1. The van der Waals surface area contributed by atoms with E-state index in [2.05, 4.69) is 47.8 Å². The maximum absolute atomic E-state index is 13.6. The van der Waals surface area contributed by atoms with E-state index < -0.39 is 0 Å². The van der Waals surface area contributed by atoms with Crippen molar-refractivity contribution in [3.8, 4) is 5.75 Å². The molecule has 0 atom stereocenters. The largest absolute Gasteiger partial charge is 0.486 e. The molecule has 2 rings (SSSR count). The van der Waals surface area contributed by atoms with Gasteiger partial charge in [0, 0.05) is 15.7 Å². The summed E-state index contributed by atoms with van der Waals surface area (Å²) in [4.78, 5) is 0. The Kier molecular flexibility index (Phi) is 4.86. The molecular weight excluding hydrogens is 445 g/mol. The van der Waals surface area contributed by atoms with Gasteiger partial charge in [0.05, 0.1) is 8.95 Å². The lowest BCUT2D eigenvalue weighted by Crippen LogP contribution is -2.00. The first-order chi connectivity index (χ1) is 8.97. The van der Waals surface area contributed by atoms with Crippen molar-refractivity contribution in [3.63, 3.8) is 0 Å². The van der Waals surface area contributed by atoms with Gasteiger partial charge in [0.1, 0.15) is 18.2 Å². The molecule has 0 radical (unpaired) electrons. The molecule has 0 aliphatic heterocycles. The predicted molar refractivity (Wildman–Crippen MR) is 84.7 cm³/mol.